The highest BCUT2D eigenvalue weighted by atomic mass is 16.5. The van der Waals surface area contributed by atoms with Crippen molar-refractivity contribution >= 4 is 5.78 Å². The molecule has 8 atom stereocenters. The predicted molar refractivity (Wildman–Crippen MR) is 123 cm³/mol. The van der Waals surface area contributed by atoms with Crippen molar-refractivity contribution in [1.29, 1.82) is 0 Å². The summed E-state index contributed by atoms with van der Waals surface area (Å²) in [5, 5.41) is 0. The van der Waals surface area contributed by atoms with E-state index < -0.39 is 0 Å². The van der Waals surface area contributed by atoms with Gasteiger partial charge in [-0.2, -0.15) is 0 Å². The number of morpholine rings is 1. The molecule has 1 aliphatic heterocycles. The van der Waals surface area contributed by atoms with Crippen molar-refractivity contribution in [2.75, 3.05) is 46.6 Å². The second-order valence-corrected chi connectivity index (χ2v) is 12.2. The summed E-state index contributed by atoms with van der Waals surface area (Å²) in [4.78, 5) is 15.8. The van der Waals surface area contributed by atoms with Crippen LogP contribution in [-0.2, 0) is 14.3 Å². The van der Waals surface area contributed by atoms with Crippen LogP contribution in [0.3, 0.4) is 0 Å². The molecule has 4 heteroatoms. The molecule has 31 heavy (non-hydrogen) atoms. The number of ketones is 1. The molecule has 1 saturated heterocycles. The third kappa shape index (κ3) is 3.73. The minimum absolute atomic E-state index is 0.230. The fourth-order valence-corrected chi connectivity index (χ4v) is 9.43. The average Bonchev–Trinajstić information content (AvgIpc) is 3.12. The van der Waals surface area contributed by atoms with Gasteiger partial charge in [0.25, 0.3) is 0 Å². The van der Waals surface area contributed by atoms with Crippen LogP contribution in [0.25, 0.3) is 0 Å². The fourth-order valence-electron chi connectivity index (χ4n) is 9.43. The van der Waals surface area contributed by atoms with E-state index in [1.165, 1.54) is 51.4 Å². The SMILES string of the molecule is COCC12CCC(C)CC1CCC1C3CCC(C(=O)CN4CCOCC4)C3(C)CCC12. The van der Waals surface area contributed by atoms with E-state index in [1.807, 2.05) is 7.11 Å². The molecule has 4 saturated carbocycles. The largest absolute Gasteiger partial charge is 0.384 e. The fraction of sp³-hybridized carbons (Fsp3) is 0.963. The Labute approximate surface area is 189 Å². The molecule has 176 valence electrons. The van der Waals surface area contributed by atoms with Crippen molar-refractivity contribution in [3.05, 3.63) is 0 Å². The third-order valence-corrected chi connectivity index (χ3v) is 10.9. The second-order valence-electron chi connectivity index (χ2n) is 12.2. The van der Waals surface area contributed by atoms with Gasteiger partial charge in [0.2, 0.25) is 0 Å². The maximum atomic E-state index is 13.5. The van der Waals surface area contributed by atoms with Gasteiger partial charge in [-0.3, -0.25) is 9.69 Å². The van der Waals surface area contributed by atoms with Crippen molar-refractivity contribution < 1.29 is 14.3 Å². The van der Waals surface area contributed by atoms with Gasteiger partial charge in [0, 0.05) is 26.1 Å². The van der Waals surface area contributed by atoms with E-state index >= 15 is 0 Å². The Kier molecular flexibility index (Phi) is 6.29. The molecule has 4 nitrogen and oxygen atoms in total. The maximum absolute atomic E-state index is 13.5. The minimum Gasteiger partial charge on any atom is -0.384 e. The summed E-state index contributed by atoms with van der Waals surface area (Å²) in [6.45, 7) is 9.98. The number of rotatable bonds is 5. The van der Waals surface area contributed by atoms with Crippen LogP contribution in [-0.4, -0.2) is 57.2 Å². The molecule has 5 fully saturated rings. The van der Waals surface area contributed by atoms with E-state index in [-0.39, 0.29) is 11.3 Å². The van der Waals surface area contributed by atoms with Crippen LogP contribution >= 0.6 is 0 Å². The molecular formula is C27H45NO3. The Morgan fingerprint density at radius 2 is 1.84 bits per heavy atom. The van der Waals surface area contributed by atoms with Crippen LogP contribution in [0.5, 0.6) is 0 Å². The number of carbonyl (C=O) groups excluding carboxylic acids is 1. The van der Waals surface area contributed by atoms with Crippen LogP contribution in [0, 0.1) is 46.3 Å². The van der Waals surface area contributed by atoms with Crippen molar-refractivity contribution in [2.24, 2.45) is 46.3 Å². The smallest absolute Gasteiger partial charge is 0.150 e. The lowest BCUT2D eigenvalue weighted by molar-refractivity contribution is -0.155. The molecule has 0 amide bonds. The van der Waals surface area contributed by atoms with Gasteiger partial charge in [-0.25, -0.2) is 0 Å². The first-order valence-corrected chi connectivity index (χ1v) is 13.3. The molecule has 0 aromatic rings. The van der Waals surface area contributed by atoms with Gasteiger partial charge in [-0.15, -0.1) is 0 Å². The van der Waals surface area contributed by atoms with E-state index in [9.17, 15) is 4.79 Å². The first kappa shape index (κ1) is 22.3. The molecule has 0 radical (unpaired) electrons. The number of Topliss-reactive ketones (excluding diaryl/α,β-unsaturated/α-hetero) is 1. The van der Waals surface area contributed by atoms with Crippen LogP contribution in [0.15, 0.2) is 0 Å². The number of ether oxygens (including phenoxy) is 2. The summed E-state index contributed by atoms with van der Waals surface area (Å²) in [5.74, 6) is 4.94. The number of fused-ring (bicyclic) bond motifs is 5. The Morgan fingerprint density at radius 3 is 2.61 bits per heavy atom. The standard InChI is InChI=1S/C27H45NO3/c1-19-8-11-27(18-30-3)20(16-19)4-5-21-22-6-7-24(26(22,2)10-9-23(21)27)25(29)17-28-12-14-31-15-13-28/h19-24H,4-18H2,1-3H3. The lowest BCUT2D eigenvalue weighted by Crippen LogP contribution is -2.56. The monoisotopic (exact) mass is 431 g/mol. The van der Waals surface area contributed by atoms with Crippen molar-refractivity contribution in [2.45, 2.75) is 71.6 Å². The zero-order valence-corrected chi connectivity index (χ0v) is 20.2. The number of hydrogen-bond donors (Lipinski definition) is 0. The number of nitrogens with zero attached hydrogens (tertiary/aromatic N) is 1. The molecule has 5 aliphatic rings. The summed E-state index contributed by atoms with van der Waals surface area (Å²) < 4.78 is 11.4. The first-order chi connectivity index (χ1) is 15.0. The summed E-state index contributed by atoms with van der Waals surface area (Å²) in [6.07, 6.45) is 12.0. The zero-order chi connectivity index (χ0) is 21.6. The van der Waals surface area contributed by atoms with Crippen molar-refractivity contribution in [3.63, 3.8) is 0 Å². The van der Waals surface area contributed by atoms with Gasteiger partial charge in [-0.1, -0.05) is 20.3 Å². The molecule has 0 N–H and O–H groups in total. The van der Waals surface area contributed by atoms with Crippen molar-refractivity contribution in [3.8, 4) is 0 Å². The van der Waals surface area contributed by atoms with Gasteiger partial charge in [0.05, 0.1) is 26.4 Å². The molecule has 0 aromatic carbocycles. The maximum Gasteiger partial charge on any atom is 0.150 e. The van der Waals surface area contributed by atoms with Crippen molar-refractivity contribution in [1.82, 2.24) is 4.90 Å². The normalized spacial score (nSPS) is 48.0. The van der Waals surface area contributed by atoms with Crippen LogP contribution < -0.4 is 0 Å². The highest BCUT2D eigenvalue weighted by Crippen LogP contribution is 2.68. The summed E-state index contributed by atoms with van der Waals surface area (Å²) in [5.41, 5.74) is 0.648. The van der Waals surface area contributed by atoms with Gasteiger partial charge in [0.15, 0.2) is 0 Å². The Morgan fingerprint density at radius 1 is 1.03 bits per heavy atom. The van der Waals surface area contributed by atoms with Gasteiger partial charge in [0.1, 0.15) is 5.78 Å². The highest BCUT2D eigenvalue weighted by Gasteiger charge is 2.62. The van der Waals surface area contributed by atoms with Crippen LogP contribution in [0.4, 0.5) is 0 Å². The van der Waals surface area contributed by atoms with Gasteiger partial charge < -0.3 is 9.47 Å². The predicted octanol–water partition coefficient (Wildman–Crippen LogP) is 4.81. The lowest BCUT2D eigenvalue weighted by Gasteiger charge is -2.62. The highest BCUT2D eigenvalue weighted by molar-refractivity contribution is 5.84. The van der Waals surface area contributed by atoms with E-state index in [0.29, 0.717) is 17.7 Å². The Balaban J connectivity index is 1.33. The molecule has 0 spiro atoms. The lowest BCUT2D eigenvalue weighted by atomic mass is 9.44. The quantitative estimate of drug-likeness (QED) is 0.626. The summed E-state index contributed by atoms with van der Waals surface area (Å²) >= 11 is 0. The minimum atomic E-state index is 0.230. The molecule has 1 heterocycles. The molecule has 0 aromatic heterocycles. The van der Waals surface area contributed by atoms with Gasteiger partial charge in [-0.05, 0) is 91.8 Å². The Bertz CT molecular complexity index is 661. The Hall–Kier alpha value is -0.450. The topological polar surface area (TPSA) is 38.8 Å². The summed E-state index contributed by atoms with van der Waals surface area (Å²) in [7, 11) is 1.93. The molecule has 4 aliphatic carbocycles. The van der Waals surface area contributed by atoms with E-state index in [1.54, 1.807) is 0 Å². The van der Waals surface area contributed by atoms with Crippen LogP contribution in [0.1, 0.15) is 71.6 Å². The van der Waals surface area contributed by atoms with E-state index in [0.717, 1.165) is 68.9 Å². The zero-order valence-electron chi connectivity index (χ0n) is 20.2. The van der Waals surface area contributed by atoms with Gasteiger partial charge >= 0.3 is 0 Å². The molecule has 5 rings (SSSR count). The molecule has 8 unspecified atom stereocenters. The average molecular weight is 432 g/mol. The number of methoxy groups -OCH3 is 1. The van der Waals surface area contributed by atoms with E-state index in [4.69, 9.17) is 9.47 Å². The van der Waals surface area contributed by atoms with Crippen LogP contribution in [0.2, 0.25) is 0 Å². The number of hydrogen-bond acceptors (Lipinski definition) is 4. The molecule has 0 bridgehead atoms. The molecular weight excluding hydrogens is 386 g/mol. The third-order valence-electron chi connectivity index (χ3n) is 10.9. The second kappa shape index (κ2) is 8.72. The van der Waals surface area contributed by atoms with E-state index in [2.05, 4.69) is 18.7 Å². The number of carbonyl (C=O) groups is 1. The summed E-state index contributed by atoms with van der Waals surface area (Å²) in [6, 6.07) is 0. The first-order valence-electron chi connectivity index (χ1n) is 13.3.